The van der Waals surface area contributed by atoms with Crippen molar-refractivity contribution in [2.45, 2.75) is 12.8 Å². The molecule has 0 saturated carbocycles. The average Bonchev–Trinajstić information content (AvgIpc) is 2.23. The lowest BCUT2D eigenvalue weighted by molar-refractivity contribution is 0.480. The fourth-order valence-corrected chi connectivity index (χ4v) is 2.35. The summed E-state index contributed by atoms with van der Waals surface area (Å²) in [6.07, 6.45) is 0.384. The second-order valence-corrected chi connectivity index (χ2v) is 7.03. The van der Waals surface area contributed by atoms with E-state index in [1.165, 1.54) is 0 Å². The standard InChI is InChI=1S/C10H14O6S2/c11-17(12,13)7-5-9-1-2-10(4-3-9)6-8-18(14,15)16/h1-4H,5-8H2,(H,11,12,13)(H,14,15,16). The Kier molecular flexibility index (Phi) is 4.85. The molecule has 0 heterocycles. The third-order valence-corrected chi connectivity index (χ3v) is 3.76. The minimum absolute atomic E-state index is 0.192. The van der Waals surface area contributed by atoms with Gasteiger partial charge < -0.3 is 0 Å². The van der Waals surface area contributed by atoms with Crippen molar-refractivity contribution in [2.75, 3.05) is 11.5 Å². The van der Waals surface area contributed by atoms with E-state index in [0.717, 1.165) is 11.1 Å². The highest BCUT2D eigenvalue weighted by molar-refractivity contribution is 7.86. The van der Waals surface area contributed by atoms with Gasteiger partial charge in [0, 0.05) is 0 Å². The molecule has 0 amide bonds. The zero-order chi connectivity index (χ0) is 13.8. The molecular weight excluding hydrogens is 280 g/mol. The molecule has 0 atom stereocenters. The molecule has 102 valence electrons. The minimum atomic E-state index is -3.97. The van der Waals surface area contributed by atoms with Crippen LogP contribution in [0.3, 0.4) is 0 Å². The maximum Gasteiger partial charge on any atom is 0.265 e. The van der Waals surface area contributed by atoms with Crippen LogP contribution in [0.25, 0.3) is 0 Å². The van der Waals surface area contributed by atoms with Crippen LogP contribution in [-0.2, 0) is 33.1 Å². The highest BCUT2D eigenvalue weighted by Crippen LogP contribution is 2.07. The van der Waals surface area contributed by atoms with Gasteiger partial charge in [0.2, 0.25) is 0 Å². The fraction of sp³-hybridized carbons (Fsp3) is 0.400. The van der Waals surface area contributed by atoms with Crippen LogP contribution in [0.1, 0.15) is 11.1 Å². The van der Waals surface area contributed by atoms with Gasteiger partial charge in [-0.05, 0) is 24.0 Å². The van der Waals surface area contributed by atoms with Crippen molar-refractivity contribution < 1.29 is 25.9 Å². The lowest BCUT2D eigenvalue weighted by atomic mass is 10.1. The maximum atomic E-state index is 10.5. The maximum absolute atomic E-state index is 10.5. The molecular formula is C10H14O6S2. The molecule has 0 aliphatic rings. The first-order valence-corrected chi connectivity index (χ1v) is 8.36. The Morgan fingerprint density at radius 3 is 1.22 bits per heavy atom. The van der Waals surface area contributed by atoms with Gasteiger partial charge in [-0.3, -0.25) is 9.11 Å². The van der Waals surface area contributed by atoms with E-state index >= 15 is 0 Å². The van der Waals surface area contributed by atoms with E-state index in [1.54, 1.807) is 24.3 Å². The quantitative estimate of drug-likeness (QED) is 0.741. The first-order valence-electron chi connectivity index (χ1n) is 5.14. The lowest BCUT2D eigenvalue weighted by Gasteiger charge is -2.03. The molecule has 0 aliphatic heterocycles. The van der Waals surface area contributed by atoms with Crippen molar-refractivity contribution >= 4 is 20.2 Å². The van der Waals surface area contributed by atoms with Crippen LogP contribution in [0, 0.1) is 0 Å². The van der Waals surface area contributed by atoms with Gasteiger partial charge in [-0.25, -0.2) is 0 Å². The van der Waals surface area contributed by atoms with Crippen LogP contribution in [0.4, 0.5) is 0 Å². The molecule has 1 rings (SSSR count). The SMILES string of the molecule is O=S(=O)(O)CCc1ccc(CCS(=O)(=O)O)cc1. The van der Waals surface area contributed by atoms with E-state index in [-0.39, 0.29) is 24.3 Å². The van der Waals surface area contributed by atoms with Crippen molar-refractivity contribution in [2.24, 2.45) is 0 Å². The Bertz CT molecular complexity index is 531. The van der Waals surface area contributed by atoms with E-state index in [0.29, 0.717) is 0 Å². The Balaban J connectivity index is 2.58. The largest absolute Gasteiger partial charge is 0.286 e. The van der Waals surface area contributed by atoms with E-state index in [1.807, 2.05) is 0 Å². The first kappa shape index (κ1) is 15.1. The molecule has 18 heavy (non-hydrogen) atoms. The van der Waals surface area contributed by atoms with Crippen molar-refractivity contribution in [1.29, 1.82) is 0 Å². The summed E-state index contributed by atoms with van der Waals surface area (Å²) in [6, 6.07) is 6.63. The summed E-state index contributed by atoms with van der Waals surface area (Å²) < 4.78 is 59.4. The molecule has 8 heteroatoms. The van der Waals surface area contributed by atoms with Gasteiger partial charge in [0.1, 0.15) is 0 Å². The zero-order valence-corrected chi connectivity index (χ0v) is 11.1. The van der Waals surface area contributed by atoms with Gasteiger partial charge in [0.25, 0.3) is 20.2 Å². The monoisotopic (exact) mass is 294 g/mol. The molecule has 0 bridgehead atoms. The van der Waals surface area contributed by atoms with Crippen molar-refractivity contribution in [3.63, 3.8) is 0 Å². The van der Waals surface area contributed by atoms with Gasteiger partial charge in [-0.1, -0.05) is 24.3 Å². The lowest BCUT2D eigenvalue weighted by Crippen LogP contribution is -2.07. The smallest absolute Gasteiger partial charge is 0.265 e. The summed E-state index contributed by atoms with van der Waals surface area (Å²) in [6.45, 7) is 0. The topological polar surface area (TPSA) is 109 Å². The molecule has 0 spiro atoms. The van der Waals surface area contributed by atoms with E-state index in [4.69, 9.17) is 9.11 Å². The zero-order valence-electron chi connectivity index (χ0n) is 9.48. The number of aryl methyl sites for hydroxylation is 2. The Labute approximate surface area is 106 Å². The Hall–Kier alpha value is -0.960. The third-order valence-electron chi connectivity index (χ3n) is 2.32. The Morgan fingerprint density at radius 2 is 1.00 bits per heavy atom. The predicted octanol–water partition coefficient (Wildman–Crippen LogP) is 0.547. The summed E-state index contributed by atoms with van der Waals surface area (Å²) in [7, 11) is -7.95. The van der Waals surface area contributed by atoms with Crippen LogP contribution >= 0.6 is 0 Å². The normalized spacial score (nSPS) is 12.6. The molecule has 0 aliphatic carbocycles. The summed E-state index contributed by atoms with van der Waals surface area (Å²) in [5.74, 6) is -0.700. The molecule has 0 fully saturated rings. The summed E-state index contributed by atoms with van der Waals surface area (Å²) >= 11 is 0. The van der Waals surface area contributed by atoms with Crippen LogP contribution in [0.5, 0.6) is 0 Å². The van der Waals surface area contributed by atoms with Crippen LogP contribution in [0.2, 0.25) is 0 Å². The number of benzene rings is 1. The molecule has 6 nitrogen and oxygen atoms in total. The Morgan fingerprint density at radius 1 is 0.722 bits per heavy atom. The van der Waals surface area contributed by atoms with E-state index < -0.39 is 20.2 Å². The second kappa shape index (κ2) is 5.79. The summed E-state index contributed by atoms with van der Waals surface area (Å²) in [4.78, 5) is 0. The first-order chi connectivity index (χ1) is 8.16. The molecule has 0 saturated heterocycles. The molecule has 0 aromatic heterocycles. The number of hydrogen-bond acceptors (Lipinski definition) is 4. The van der Waals surface area contributed by atoms with Gasteiger partial charge in [-0.2, -0.15) is 16.8 Å². The molecule has 0 radical (unpaired) electrons. The second-order valence-electron chi connectivity index (χ2n) is 3.89. The van der Waals surface area contributed by atoms with Gasteiger partial charge in [0.05, 0.1) is 11.5 Å². The third kappa shape index (κ3) is 6.70. The van der Waals surface area contributed by atoms with Gasteiger partial charge in [0.15, 0.2) is 0 Å². The number of hydrogen-bond donors (Lipinski definition) is 2. The fourth-order valence-electron chi connectivity index (χ4n) is 1.37. The number of rotatable bonds is 6. The van der Waals surface area contributed by atoms with Gasteiger partial charge in [-0.15, -0.1) is 0 Å². The van der Waals surface area contributed by atoms with Crippen LogP contribution in [0.15, 0.2) is 24.3 Å². The van der Waals surface area contributed by atoms with Crippen molar-refractivity contribution in [1.82, 2.24) is 0 Å². The highest BCUT2D eigenvalue weighted by atomic mass is 32.2. The van der Waals surface area contributed by atoms with Crippen molar-refractivity contribution in [3.8, 4) is 0 Å². The van der Waals surface area contributed by atoms with Crippen LogP contribution in [-0.4, -0.2) is 37.4 Å². The summed E-state index contributed by atoms with van der Waals surface area (Å²) in [5, 5.41) is 0. The minimum Gasteiger partial charge on any atom is -0.286 e. The van der Waals surface area contributed by atoms with E-state index in [2.05, 4.69) is 0 Å². The van der Waals surface area contributed by atoms with Crippen molar-refractivity contribution in [3.05, 3.63) is 35.4 Å². The molecule has 0 unspecified atom stereocenters. The highest BCUT2D eigenvalue weighted by Gasteiger charge is 2.07. The van der Waals surface area contributed by atoms with E-state index in [9.17, 15) is 16.8 Å². The predicted molar refractivity (Wildman–Crippen MR) is 66.7 cm³/mol. The molecule has 2 N–H and O–H groups in total. The molecule has 1 aromatic rings. The van der Waals surface area contributed by atoms with Crippen LogP contribution < -0.4 is 0 Å². The summed E-state index contributed by atoms with van der Waals surface area (Å²) in [5.41, 5.74) is 1.45. The molecule has 1 aromatic carbocycles. The average molecular weight is 294 g/mol. The van der Waals surface area contributed by atoms with Gasteiger partial charge >= 0.3 is 0 Å².